The van der Waals surface area contributed by atoms with Gasteiger partial charge in [0.15, 0.2) is 0 Å². The van der Waals surface area contributed by atoms with Crippen LogP contribution in [0.25, 0.3) is 0 Å². The van der Waals surface area contributed by atoms with Gasteiger partial charge in [-0.3, -0.25) is 9.59 Å². The van der Waals surface area contributed by atoms with Crippen molar-refractivity contribution in [3.05, 3.63) is 28.8 Å². The van der Waals surface area contributed by atoms with Gasteiger partial charge in [-0.1, -0.05) is 11.6 Å². The van der Waals surface area contributed by atoms with Crippen LogP contribution in [-0.4, -0.2) is 40.1 Å². The highest BCUT2D eigenvalue weighted by Crippen LogP contribution is 2.24. The van der Waals surface area contributed by atoms with Gasteiger partial charge >= 0.3 is 5.97 Å². The molecule has 0 aliphatic carbocycles. The summed E-state index contributed by atoms with van der Waals surface area (Å²) >= 11 is 5.72. The fourth-order valence-electron chi connectivity index (χ4n) is 1.46. The van der Waals surface area contributed by atoms with Gasteiger partial charge in [0.05, 0.1) is 11.4 Å². The van der Waals surface area contributed by atoms with Crippen LogP contribution in [0, 0.1) is 0 Å². The van der Waals surface area contributed by atoms with Crippen LogP contribution in [0.3, 0.4) is 0 Å². The molecule has 0 aromatic heterocycles. The standard InChI is InChI=1S/C12H14ClNO4/c1-2-14(6-5-11(16)17)12(18)8-3-4-10(15)9(13)7-8/h3-4,7,15H,2,5-6H2,1H3,(H,16,17). The third kappa shape index (κ3) is 3.63. The Hall–Kier alpha value is -1.75. The minimum absolute atomic E-state index is 0.0927. The van der Waals surface area contributed by atoms with E-state index in [1.807, 2.05) is 0 Å². The van der Waals surface area contributed by atoms with Crippen molar-refractivity contribution in [2.24, 2.45) is 0 Å². The minimum Gasteiger partial charge on any atom is -0.506 e. The van der Waals surface area contributed by atoms with Gasteiger partial charge in [-0.2, -0.15) is 0 Å². The molecule has 6 heteroatoms. The molecule has 98 valence electrons. The number of hydrogen-bond acceptors (Lipinski definition) is 3. The van der Waals surface area contributed by atoms with E-state index < -0.39 is 5.97 Å². The zero-order valence-electron chi connectivity index (χ0n) is 9.89. The molecule has 5 nitrogen and oxygen atoms in total. The Morgan fingerprint density at radius 2 is 2.06 bits per heavy atom. The lowest BCUT2D eigenvalue weighted by atomic mass is 10.2. The highest BCUT2D eigenvalue weighted by atomic mass is 35.5. The maximum absolute atomic E-state index is 12.0. The molecule has 1 aromatic carbocycles. The molecule has 0 bridgehead atoms. The summed E-state index contributed by atoms with van der Waals surface area (Å²) in [5.74, 6) is -1.35. The predicted octanol–water partition coefficient (Wildman–Crippen LogP) is 1.98. The summed E-state index contributed by atoms with van der Waals surface area (Å²) in [4.78, 5) is 23.9. The maximum atomic E-state index is 12.0. The minimum atomic E-state index is -0.954. The van der Waals surface area contributed by atoms with E-state index in [0.29, 0.717) is 12.1 Å². The highest BCUT2D eigenvalue weighted by molar-refractivity contribution is 6.32. The van der Waals surface area contributed by atoms with Gasteiger partial charge in [0.2, 0.25) is 0 Å². The molecule has 1 amide bonds. The normalized spacial score (nSPS) is 10.1. The van der Waals surface area contributed by atoms with Crippen LogP contribution in [0.2, 0.25) is 5.02 Å². The lowest BCUT2D eigenvalue weighted by Crippen LogP contribution is -2.32. The quantitative estimate of drug-likeness (QED) is 0.858. The zero-order chi connectivity index (χ0) is 13.7. The summed E-state index contributed by atoms with van der Waals surface area (Å²) < 4.78 is 0. The van der Waals surface area contributed by atoms with Crippen LogP contribution in [0.1, 0.15) is 23.7 Å². The maximum Gasteiger partial charge on any atom is 0.305 e. The number of carboxylic acids is 1. The van der Waals surface area contributed by atoms with Crippen molar-refractivity contribution < 1.29 is 19.8 Å². The van der Waals surface area contributed by atoms with Crippen LogP contribution in [0.15, 0.2) is 18.2 Å². The molecule has 1 rings (SSSR count). The summed E-state index contributed by atoms with van der Waals surface area (Å²) in [7, 11) is 0. The van der Waals surface area contributed by atoms with E-state index in [1.165, 1.54) is 23.1 Å². The fraction of sp³-hybridized carbons (Fsp3) is 0.333. The second-order valence-corrected chi connectivity index (χ2v) is 4.10. The van der Waals surface area contributed by atoms with E-state index in [4.69, 9.17) is 16.7 Å². The summed E-state index contributed by atoms with van der Waals surface area (Å²) in [6, 6.07) is 4.15. The highest BCUT2D eigenvalue weighted by Gasteiger charge is 2.16. The summed E-state index contributed by atoms with van der Waals surface area (Å²) in [6.07, 6.45) is -0.106. The molecule has 0 saturated carbocycles. The molecule has 0 spiro atoms. The van der Waals surface area contributed by atoms with Gasteiger partial charge in [-0.15, -0.1) is 0 Å². The average Bonchev–Trinajstić information content (AvgIpc) is 2.32. The van der Waals surface area contributed by atoms with E-state index >= 15 is 0 Å². The number of halogens is 1. The first-order valence-corrected chi connectivity index (χ1v) is 5.83. The van der Waals surface area contributed by atoms with Crippen molar-refractivity contribution in [1.29, 1.82) is 0 Å². The molecule has 0 saturated heterocycles. The fourth-order valence-corrected chi connectivity index (χ4v) is 1.64. The smallest absolute Gasteiger partial charge is 0.305 e. The average molecular weight is 272 g/mol. The summed E-state index contributed by atoms with van der Waals surface area (Å²) in [6.45, 7) is 2.32. The van der Waals surface area contributed by atoms with E-state index in [1.54, 1.807) is 6.92 Å². The van der Waals surface area contributed by atoms with E-state index in [9.17, 15) is 14.7 Å². The van der Waals surface area contributed by atoms with Crippen LogP contribution >= 0.6 is 11.6 Å². The van der Waals surface area contributed by atoms with Gasteiger partial charge in [0, 0.05) is 18.7 Å². The van der Waals surface area contributed by atoms with E-state index in [2.05, 4.69) is 0 Å². The van der Waals surface area contributed by atoms with Crippen LogP contribution in [-0.2, 0) is 4.79 Å². The number of phenols is 1. The number of amides is 1. The van der Waals surface area contributed by atoms with Gasteiger partial charge in [-0.25, -0.2) is 0 Å². The van der Waals surface area contributed by atoms with Crippen molar-refractivity contribution in [3.63, 3.8) is 0 Å². The van der Waals surface area contributed by atoms with Gasteiger partial charge < -0.3 is 15.1 Å². The van der Waals surface area contributed by atoms with Crippen molar-refractivity contribution in [2.45, 2.75) is 13.3 Å². The Balaban J connectivity index is 2.82. The monoisotopic (exact) mass is 271 g/mol. The molecule has 0 heterocycles. The Morgan fingerprint density at radius 1 is 1.39 bits per heavy atom. The number of aromatic hydroxyl groups is 1. The zero-order valence-corrected chi connectivity index (χ0v) is 10.6. The molecular weight excluding hydrogens is 258 g/mol. The summed E-state index contributed by atoms with van der Waals surface area (Å²) in [5, 5.41) is 18.0. The Labute approximate surface area is 110 Å². The van der Waals surface area contributed by atoms with Gasteiger partial charge in [0.1, 0.15) is 5.75 Å². The lowest BCUT2D eigenvalue weighted by molar-refractivity contribution is -0.137. The second-order valence-electron chi connectivity index (χ2n) is 3.69. The van der Waals surface area contributed by atoms with Gasteiger partial charge in [-0.05, 0) is 25.1 Å². The van der Waals surface area contributed by atoms with Crippen molar-refractivity contribution in [2.75, 3.05) is 13.1 Å². The first kappa shape index (κ1) is 14.3. The molecule has 0 atom stereocenters. The predicted molar refractivity (Wildman–Crippen MR) is 66.9 cm³/mol. The molecule has 2 N–H and O–H groups in total. The van der Waals surface area contributed by atoms with Crippen LogP contribution < -0.4 is 0 Å². The number of carboxylic acid groups (broad SMARTS) is 1. The van der Waals surface area contributed by atoms with Crippen LogP contribution in [0.4, 0.5) is 0 Å². The van der Waals surface area contributed by atoms with Crippen molar-refractivity contribution in [3.8, 4) is 5.75 Å². The van der Waals surface area contributed by atoms with Crippen LogP contribution in [0.5, 0.6) is 5.75 Å². The first-order valence-electron chi connectivity index (χ1n) is 5.45. The largest absolute Gasteiger partial charge is 0.506 e. The van der Waals surface area contributed by atoms with E-state index in [0.717, 1.165) is 0 Å². The number of aliphatic carboxylic acids is 1. The molecule has 0 radical (unpaired) electrons. The van der Waals surface area contributed by atoms with E-state index in [-0.39, 0.29) is 29.6 Å². The molecule has 18 heavy (non-hydrogen) atoms. The molecule has 0 fully saturated rings. The Morgan fingerprint density at radius 3 is 2.56 bits per heavy atom. The number of hydrogen-bond donors (Lipinski definition) is 2. The number of carbonyl (C=O) groups excluding carboxylic acids is 1. The molecule has 0 unspecified atom stereocenters. The summed E-state index contributed by atoms with van der Waals surface area (Å²) in [5.41, 5.74) is 0.324. The van der Waals surface area contributed by atoms with Crippen molar-refractivity contribution in [1.82, 2.24) is 4.90 Å². The van der Waals surface area contributed by atoms with Gasteiger partial charge in [0.25, 0.3) is 5.91 Å². The third-order valence-corrected chi connectivity index (χ3v) is 2.76. The second kappa shape index (κ2) is 6.26. The molecular formula is C12H14ClNO4. The SMILES string of the molecule is CCN(CCC(=O)O)C(=O)c1ccc(O)c(Cl)c1. The molecule has 1 aromatic rings. The topological polar surface area (TPSA) is 77.8 Å². The molecule has 0 aliphatic rings. The lowest BCUT2D eigenvalue weighted by Gasteiger charge is -2.20. The number of carbonyl (C=O) groups is 2. The first-order chi connectivity index (χ1) is 8.45. The number of nitrogens with zero attached hydrogens (tertiary/aromatic N) is 1. The van der Waals surface area contributed by atoms with Crippen molar-refractivity contribution >= 4 is 23.5 Å². The number of benzene rings is 1. The third-order valence-electron chi connectivity index (χ3n) is 2.46. The number of rotatable bonds is 5. The Bertz CT molecular complexity index is 461. The molecule has 0 aliphatic heterocycles. The number of phenolic OH excluding ortho intramolecular Hbond substituents is 1. The Kier molecular flexibility index (Phi) is 4.97.